The number of hydrogen-bond acceptors (Lipinski definition) is 4. The number of hydrogen-bond donors (Lipinski definition) is 1. The van der Waals surface area contributed by atoms with Crippen molar-refractivity contribution in [3.8, 4) is 5.69 Å². The number of benzene rings is 1. The molecule has 0 saturated heterocycles. The van der Waals surface area contributed by atoms with E-state index in [1.54, 1.807) is 16.8 Å². The number of nitrogens with zero attached hydrogens (tertiary/aromatic N) is 3. The van der Waals surface area contributed by atoms with Gasteiger partial charge in [0.25, 0.3) is 5.69 Å². The smallest absolute Gasteiger partial charge is 0.288 e. The van der Waals surface area contributed by atoms with E-state index in [0.29, 0.717) is 11.5 Å². The summed E-state index contributed by atoms with van der Waals surface area (Å²) in [4.78, 5) is 10.2. The van der Waals surface area contributed by atoms with Gasteiger partial charge in [-0.1, -0.05) is 11.6 Å². The fourth-order valence-corrected chi connectivity index (χ4v) is 2.70. The van der Waals surface area contributed by atoms with Crippen molar-refractivity contribution in [3.63, 3.8) is 0 Å². The fraction of sp³-hybridized carbons (Fsp3) is 0.250. The van der Waals surface area contributed by atoms with Crippen LogP contribution in [-0.2, 0) is 12.8 Å². The van der Waals surface area contributed by atoms with Crippen LogP contribution in [-0.4, -0.2) is 14.7 Å². The predicted octanol–water partition coefficient (Wildman–Crippen LogP) is 2.50. The van der Waals surface area contributed by atoms with Crippen LogP contribution in [0, 0.1) is 10.1 Å². The van der Waals surface area contributed by atoms with Crippen molar-refractivity contribution in [1.82, 2.24) is 9.78 Å². The molecule has 0 fully saturated rings. The minimum atomic E-state index is -0.506. The summed E-state index contributed by atoms with van der Waals surface area (Å²) in [6.45, 7) is 0. The van der Waals surface area contributed by atoms with Gasteiger partial charge in [0.1, 0.15) is 10.8 Å². The Morgan fingerprint density at radius 2 is 2.21 bits per heavy atom. The van der Waals surface area contributed by atoms with Gasteiger partial charge in [-0.05, 0) is 31.4 Å². The van der Waals surface area contributed by atoms with Crippen molar-refractivity contribution in [2.45, 2.75) is 19.3 Å². The number of aromatic nitrogens is 2. The highest BCUT2D eigenvalue weighted by molar-refractivity contribution is 6.32. The lowest BCUT2D eigenvalue weighted by Crippen LogP contribution is -2.02. The van der Waals surface area contributed by atoms with Crippen LogP contribution in [0.25, 0.3) is 5.69 Å². The Balaban J connectivity index is 2.11. The van der Waals surface area contributed by atoms with Crippen LogP contribution in [0.5, 0.6) is 0 Å². The van der Waals surface area contributed by atoms with E-state index >= 15 is 0 Å². The van der Waals surface area contributed by atoms with Gasteiger partial charge in [-0.25, -0.2) is 4.68 Å². The highest BCUT2D eigenvalue weighted by Crippen LogP contribution is 2.31. The Kier molecular flexibility index (Phi) is 2.67. The molecule has 0 amide bonds. The third-order valence-corrected chi connectivity index (χ3v) is 3.64. The average molecular weight is 279 g/mol. The summed E-state index contributed by atoms with van der Waals surface area (Å²) in [6, 6.07) is 4.57. The molecule has 1 aliphatic rings. The molecule has 2 aromatic rings. The van der Waals surface area contributed by atoms with Gasteiger partial charge in [0, 0.05) is 17.3 Å². The highest BCUT2D eigenvalue weighted by Gasteiger charge is 2.22. The van der Waals surface area contributed by atoms with Crippen molar-refractivity contribution in [1.29, 1.82) is 0 Å². The summed E-state index contributed by atoms with van der Waals surface area (Å²) in [5.41, 5.74) is 8.61. The van der Waals surface area contributed by atoms with Gasteiger partial charge < -0.3 is 5.73 Å². The maximum absolute atomic E-state index is 10.7. The van der Waals surface area contributed by atoms with Crippen LogP contribution < -0.4 is 5.73 Å². The number of nitrogen functional groups attached to an aromatic ring is 1. The summed E-state index contributed by atoms with van der Waals surface area (Å²) >= 11 is 5.92. The van der Waals surface area contributed by atoms with Crippen LogP contribution in [0.1, 0.15) is 17.7 Å². The second-order valence-electron chi connectivity index (χ2n) is 4.47. The van der Waals surface area contributed by atoms with Crippen LogP contribution in [0.4, 0.5) is 11.5 Å². The van der Waals surface area contributed by atoms with Crippen LogP contribution in [0.15, 0.2) is 18.2 Å². The van der Waals surface area contributed by atoms with Gasteiger partial charge >= 0.3 is 0 Å². The molecule has 0 saturated carbocycles. The SMILES string of the molecule is Nc1nn(-c2ccc([N+](=O)[O-])c(Cl)c2)c2c1CCC2. The first-order chi connectivity index (χ1) is 9.08. The summed E-state index contributed by atoms with van der Waals surface area (Å²) in [6.07, 6.45) is 2.90. The number of nitrogens with two attached hydrogens (primary N) is 1. The largest absolute Gasteiger partial charge is 0.382 e. The minimum absolute atomic E-state index is 0.100. The van der Waals surface area contributed by atoms with Crippen molar-refractivity contribution < 1.29 is 4.92 Å². The van der Waals surface area contributed by atoms with Gasteiger partial charge in [-0.3, -0.25) is 10.1 Å². The number of fused-ring (bicyclic) bond motifs is 1. The normalized spacial score (nSPS) is 13.5. The predicted molar refractivity (Wildman–Crippen MR) is 71.7 cm³/mol. The van der Waals surface area contributed by atoms with Crippen molar-refractivity contribution in [2.75, 3.05) is 5.73 Å². The first kappa shape index (κ1) is 12.0. The zero-order valence-electron chi connectivity index (χ0n) is 9.97. The second kappa shape index (κ2) is 4.24. The Hall–Kier alpha value is -2.08. The molecule has 1 heterocycles. The van der Waals surface area contributed by atoms with E-state index in [4.69, 9.17) is 17.3 Å². The number of halogens is 1. The zero-order valence-corrected chi connectivity index (χ0v) is 10.7. The highest BCUT2D eigenvalue weighted by atomic mass is 35.5. The molecule has 19 heavy (non-hydrogen) atoms. The Morgan fingerprint density at radius 1 is 1.42 bits per heavy atom. The average Bonchev–Trinajstić information content (AvgIpc) is 2.93. The van der Waals surface area contributed by atoms with Crippen molar-refractivity contribution in [3.05, 3.63) is 44.6 Å². The summed E-state index contributed by atoms with van der Waals surface area (Å²) in [5, 5.41) is 15.1. The zero-order chi connectivity index (χ0) is 13.6. The van der Waals surface area contributed by atoms with Gasteiger partial charge in [0.2, 0.25) is 0 Å². The van der Waals surface area contributed by atoms with E-state index in [1.807, 2.05) is 0 Å². The molecule has 6 nitrogen and oxygen atoms in total. The van der Waals surface area contributed by atoms with E-state index in [9.17, 15) is 10.1 Å². The minimum Gasteiger partial charge on any atom is -0.382 e. The van der Waals surface area contributed by atoms with Crippen molar-refractivity contribution >= 4 is 23.1 Å². The van der Waals surface area contributed by atoms with E-state index in [-0.39, 0.29) is 10.7 Å². The molecule has 0 aliphatic heterocycles. The first-order valence-electron chi connectivity index (χ1n) is 5.88. The second-order valence-corrected chi connectivity index (χ2v) is 4.88. The lowest BCUT2D eigenvalue weighted by molar-refractivity contribution is -0.384. The molecule has 0 unspecified atom stereocenters. The number of anilines is 1. The number of rotatable bonds is 2. The van der Waals surface area contributed by atoms with Crippen LogP contribution in [0.2, 0.25) is 5.02 Å². The topological polar surface area (TPSA) is 87.0 Å². The molecule has 98 valence electrons. The lowest BCUT2D eigenvalue weighted by atomic mass is 10.2. The standard InChI is InChI=1S/C12H11ClN4O2/c13-9-6-7(4-5-11(9)17(18)19)16-10-3-1-2-8(10)12(14)15-16/h4-6H,1-3H2,(H2,14,15). The third-order valence-electron chi connectivity index (χ3n) is 3.33. The molecular formula is C12H11ClN4O2. The molecule has 7 heteroatoms. The summed E-state index contributed by atoms with van der Waals surface area (Å²) in [7, 11) is 0. The first-order valence-corrected chi connectivity index (χ1v) is 6.26. The Labute approximate surface area is 113 Å². The Bertz CT molecular complexity index is 681. The monoisotopic (exact) mass is 278 g/mol. The van der Waals surface area contributed by atoms with Crippen LogP contribution in [0.3, 0.4) is 0 Å². The van der Waals surface area contributed by atoms with E-state index < -0.39 is 4.92 Å². The number of nitro groups is 1. The maximum Gasteiger partial charge on any atom is 0.288 e. The molecule has 0 atom stereocenters. The molecule has 0 spiro atoms. The molecule has 1 aromatic carbocycles. The molecule has 2 N–H and O–H groups in total. The van der Waals surface area contributed by atoms with Crippen LogP contribution >= 0.6 is 11.6 Å². The van der Waals surface area contributed by atoms with Gasteiger partial charge in [0.05, 0.1) is 10.6 Å². The molecule has 1 aliphatic carbocycles. The molecule has 1 aromatic heterocycles. The molecule has 0 bridgehead atoms. The van der Waals surface area contributed by atoms with Gasteiger partial charge in [0.15, 0.2) is 0 Å². The molecular weight excluding hydrogens is 268 g/mol. The van der Waals surface area contributed by atoms with E-state index in [2.05, 4.69) is 5.10 Å². The van der Waals surface area contributed by atoms with E-state index in [0.717, 1.165) is 30.5 Å². The summed E-state index contributed by atoms with van der Waals surface area (Å²) < 4.78 is 1.73. The fourth-order valence-electron chi connectivity index (χ4n) is 2.46. The molecule has 3 rings (SSSR count). The third kappa shape index (κ3) is 1.84. The van der Waals surface area contributed by atoms with Gasteiger partial charge in [-0.2, -0.15) is 5.10 Å². The number of nitro benzene ring substituents is 1. The quantitative estimate of drug-likeness (QED) is 0.675. The summed E-state index contributed by atoms with van der Waals surface area (Å²) in [5.74, 6) is 0.530. The van der Waals surface area contributed by atoms with Crippen molar-refractivity contribution in [2.24, 2.45) is 0 Å². The maximum atomic E-state index is 10.7. The van der Waals surface area contributed by atoms with Gasteiger partial charge in [-0.15, -0.1) is 0 Å². The Morgan fingerprint density at radius 3 is 2.89 bits per heavy atom. The molecule has 0 radical (unpaired) electrons. The van der Waals surface area contributed by atoms with E-state index in [1.165, 1.54) is 6.07 Å². The lowest BCUT2D eigenvalue weighted by Gasteiger charge is -2.06.